The largest absolute Gasteiger partial charge is 0.261 e. The molecule has 0 bridgehead atoms. The van der Waals surface area contributed by atoms with Crippen LogP contribution in [0.4, 0.5) is 0 Å². The molecule has 1 heteroatoms. The molecular weight excluding hydrogens is 218 g/mol. The Morgan fingerprint density at radius 1 is 0.944 bits per heavy atom. The Bertz CT molecular complexity index is 459. The number of benzene rings is 1. The van der Waals surface area contributed by atoms with Gasteiger partial charge in [0.05, 0.1) is 0 Å². The lowest BCUT2D eigenvalue weighted by Crippen LogP contribution is -2.16. The Labute approximate surface area is 110 Å². The molecule has 94 valence electrons. The van der Waals surface area contributed by atoms with Gasteiger partial charge in [0.1, 0.15) is 0 Å². The van der Waals surface area contributed by atoms with E-state index in [1.54, 1.807) is 0 Å². The zero-order valence-electron chi connectivity index (χ0n) is 11.3. The topological polar surface area (TPSA) is 12.9 Å². The summed E-state index contributed by atoms with van der Waals surface area (Å²) in [5.41, 5.74) is 2.93. The molecule has 0 atom stereocenters. The van der Waals surface area contributed by atoms with Crippen molar-refractivity contribution in [2.45, 2.75) is 33.1 Å². The SMILES string of the molecule is CC(C)(CCc1ccccn1)Cc1ccccc1. The van der Waals surface area contributed by atoms with Gasteiger partial charge in [0.2, 0.25) is 0 Å². The molecule has 0 spiro atoms. The number of nitrogens with zero attached hydrogens (tertiary/aromatic N) is 1. The van der Waals surface area contributed by atoms with E-state index in [1.807, 2.05) is 12.3 Å². The lowest BCUT2D eigenvalue weighted by molar-refractivity contribution is 0.331. The number of aryl methyl sites for hydroxylation is 1. The minimum absolute atomic E-state index is 0.318. The molecule has 0 aliphatic heterocycles. The predicted molar refractivity (Wildman–Crippen MR) is 76.5 cm³/mol. The first-order valence-electron chi connectivity index (χ1n) is 6.60. The van der Waals surface area contributed by atoms with Gasteiger partial charge in [0.15, 0.2) is 0 Å². The first kappa shape index (κ1) is 12.8. The molecule has 0 saturated carbocycles. The summed E-state index contributed by atoms with van der Waals surface area (Å²) in [6.45, 7) is 4.67. The molecule has 0 N–H and O–H groups in total. The quantitative estimate of drug-likeness (QED) is 0.758. The van der Waals surface area contributed by atoms with Crippen molar-refractivity contribution >= 4 is 0 Å². The molecular formula is C17H21N. The predicted octanol–water partition coefficient (Wildman–Crippen LogP) is 4.28. The fraction of sp³-hybridized carbons (Fsp3) is 0.353. The van der Waals surface area contributed by atoms with Gasteiger partial charge in [-0.1, -0.05) is 50.2 Å². The summed E-state index contributed by atoms with van der Waals surface area (Å²) in [7, 11) is 0. The van der Waals surface area contributed by atoms with E-state index in [1.165, 1.54) is 17.7 Å². The van der Waals surface area contributed by atoms with Crippen molar-refractivity contribution in [3.8, 4) is 0 Å². The Morgan fingerprint density at radius 2 is 1.67 bits per heavy atom. The van der Waals surface area contributed by atoms with Gasteiger partial charge >= 0.3 is 0 Å². The Kier molecular flexibility index (Phi) is 4.14. The molecule has 2 aromatic rings. The summed E-state index contributed by atoms with van der Waals surface area (Å²) < 4.78 is 0. The second-order valence-electron chi connectivity index (χ2n) is 5.65. The van der Waals surface area contributed by atoms with E-state index in [2.05, 4.69) is 61.3 Å². The van der Waals surface area contributed by atoms with E-state index < -0.39 is 0 Å². The molecule has 1 heterocycles. The smallest absolute Gasteiger partial charge is 0.0403 e. The van der Waals surface area contributed by atoms with Gasteiger partial charge in [-0.15, -0.1) is 0 Å². The molecule has 0 amide bonds. The van der Waals surface area contributed by atoms with Gasteiger partial charge in [-0.25, -0.2) is 0 Å². The van der Waals surface area contributed by atoms with E-state index >= 15 is 0 Å². The molecule has 2 rings (SSSR count). The summed E-state index contributed by atoms with van der Waals surface area (Å²) in [5.74, 6) is 0. The second-order valence-corrected chi connectivity index (χ2v) is 5.65. The summed E-state index contributed by atoms with van der Waals surface area (Å²) in [4.78, 5) is 4.39. The van der Waals surface area contributed by atoms with Crippen LogP contribution in [0.1, 0.15) is 31.5 Å². The molecule has 1 aromatic heterocycles. The molecule has 0 aliphatic carbocycles. The number of pyridine rings is 1. The van der Waals surface area contributed by atoms with Gasteiger partial charge in [-0.3, -0.25) is 4.98 Å². The maximum Gasteiger partial charge on any atom is 0.0403 e. The molecule has 18 heavy (non-hydrogen) atoms. The monoisotopic (exact) mass is 239 g/mol. The fourth-order valence-electron chi connectivity index (χ4n) is 2.25. The van der Waals surface area contributed by atoms with Gasteiger partial charge in [-0.2, -0.15) is 0 Å². The Morgan fingerprint density at radius 3 is 2.33 bits per heavy atom. The van der Waals surface area contributed by atoms with Crippen LogP contribution in [0, 0.1) is 5.41 Å². The highest BCUT2D eigenvalue weighted by Crippen LogP contribution is 2.27. The number of aromatic nitrogens is 1. The lowest BCUT2D eigenvalue weighted by atomic mass is 9.81. The van der Waals surface area contributed by atoms with E-state index in [-0.39, 0.29) is 0 Å². The maximum atomic E-state index is 4.39. The number of hydrogen-bond acceptors (Lipinski definition) is 1. The standard InChI is InChI=1S/C17H21N/c1-17(2,14-15-8-4-3-5-9-15)12-11-16-10-6-7-13-18-16/h3-10,13H,11-12,14H2,1-2H3. The van der Waals surface area contributed by atoms with E-state index in [4.69, 9.17) is 0 Å². The third-order valence-corrected chi connectivity index (χ3v) is 3.31. The highest BCUT2D eigenvalue weighted by atomic mass is 14.7. The Hall–Kier alpha value is -1.63. The highest BCUT2D eigenvalue weighted by molar-refractivity contribution is 5.16. The Balaban J connectivity index is 1.91. The number of hydrogen-bond donors (Lipinski definition) is 0. The van der Waals surface area contributed by atoms with Gasteiger partial charge < -0.3 is 0 Å². The third-order valence-electron chi connectivity index (χ3n) is 3.31. The second kappa shape index (κ2) is 5.81. The van der Waals surface area contributed by atoms with Crippen molar-refractivity contribution in [2.24, 2.45) is 5.41 Å². The average molecular weight is 239 g/mol. The minimum Gasteiger partial charge on any atom is -0.261 e. The molecule has 1 nitrogen and oxygen atoms in total. The van der Waals surface area contributed by atoms with Crippen LogP contribution in [0.25, 0.3) is 0 Å². The van der Waals surface area contributed by atoms with Crippen LogP contribution in [-0.2, 0) is 12.8 Å². The summed E-state index contributed by atoms with van der Waals surface area (Å²) >= 11 is 0. The summed E-state index contributed by atoms with van der Waals surface area (Å²) in [6.07, 6.45) is 5.22. The van der Waals surface area contributed by atoms with Crippen molar-refractivity contribution < 1.29 is 0 Å². The van der Waals surface area contributed by atoms with Crippen LogP contribution in [0.5, 0.6) is 0 Å². The zero-order chi connectivity index (χ0) is 12.8. The molecule has 0 unspecified atom stereocenters. The normalized spacial score (nSPS) is 11.4. The van der Waals surface area contributed by atoms with E-state index in [9.17, 15) is 0 Å². The van der Waals surface area contributed by atoms with Gasteiger partial charge in [-0.05, 0) is 42.4 Å². The van der Waals surface area contributed by atoms with Crippen molar-refractivity contribution in [1.82, 2.24) is 4.98 Å². The van der Waals surface area contributed by atoms with Crippen molar-refractivity contribution in [2.75, 3.05) is 0 Å². The van der Waals surface area contributed by atoms with Gasteiger partial charge in [0.25, 0.3) is 0 Å². The van der Waals surface area contributed by atoms with Crippen LogP contribution in [0.3, 0.4) is 0 Å². The average Bonchev–Trinajstić information content (AvgIpc) is 2.38. The minimum atomic E-state index is 0.318. The van der Waals surface area contributed by atoms with E-state index in [0.29, 0.717) is 5.41 Å². The first-order valence-corrected chi connectivity index (χ1v) is 6.60. The lowest BCUT2D eigenvalue weighted by Gasteiger charge is -2.24. The van der Waals surface area contributed by atoms with Crippen molar-refractivity contribution in [1.29, 1.82) is 0 Å². The van der Waals surface area contributed by atoms with Crippen LogP contribution < -0.4 is 0 Å². The summed E-state index contributed by atoms with van der Waals surface area (Å²) in [6, 6.07) is 16.9. The summed E-state index contributed by atoms with van der Waals surface area (Å²) in [5, 5.41) is 0. The van der Waals surface area contributed by atoms with Crippen LogP contribution in [0.2, 0.25) is 0 Å². The number of rotatable bonds is 5. The molecule has 0 saturated heterocycles. The highest BCUT2D eigenvalue weighted by Gasteiger charge is 2.18. The molecule has 0 radical (unpaired) electrons. The van der Waals surface area contributed by atoms with Crippen molar-refractivity contribution in [3.63, 3.8) is 0 Å². The van der Waals surface area contributed by atoms with Crippen molar-refractivity contribution in [3.05, 3.63) is 66.0 Å². The van der Waals surface area contributed by atoms with E-state index in [0.717, 1.165) is 12.8 Å². The fourth-order valence-corrected chi connectivity index (χ4v) is 2.25. The first-order chi connectivity index (χ1) is 8.66. The molecule has 1 aromatic carbocycles. The maximum absolute atomic E-state index is 4.39. The molecule has 0 aliphatic rings. The molecule has 0 fully saturated rings. The van der Waals surface area contributed by atoms with Crippen LogP contribution in [-0.4, -0.2) is 4.98 Å². The third kappa shape index (κ3) is 3.99. The van der Waals surface area contributed by atoms with Crippen LogP contribution in [0.15, 0.2) is 54.7 Å². The van der Waals surface area contributed by atoms with Crippen LogP contribution >= 0.6 is 0 Å². The zero-order valence-corrected chi connectivity index (χ0v) is 11.3. The van der Waals surface area contributed by atoms with Gasteiger partial charge in [0, 0.05) is 11.9 Å².